The summed E-state index contributed by atoms with van der Waals surface area (Å²) in [5, 5.41) is 4.77. The highest BCUT2D eigenvalue weighted by atomic mass is 32.2. The van der Waals surface area contributed by atoms with E-state index in [-0.39, 0.29) is 5.54 Å². The zero-order valence-corrected chi connectivity index (χ0v) is 12.3. The molecule has 3 heterocycles. The van der Waals surface area contributed by atoms with Crippen LogP contribution in [-0.4, -0.2) is 48.9 Å². The van der Waals surface area contributed by atoms with Gasteiger partial charge in [0.1, 0.15) is 0 Å². The molecule has 3 aliphatic rings. The highest BCUT2D eigenvalue weighted by molar-refractivity contribution is 8.14. The number of aliphatic imine (C=N–C) groups is 1. The van der Waals surface area contributed by atoms with Crippen molar-refractivity contribution in [1.82, 2.24) is 5.32 Å². The van der Waals surface area contributed by atoms with E-state index in [0.29, 0.717) is 6.10 Å². The number of hydrogen-bond donors (Lipinski definition) is 1. The third-order valence-corrected chi connectivity index (χ3v) is 5.49. The Morgan fingerprint density at radius 1 is 1.26 bits per heavy atom. The van der Waals surface area contributed by atoms with Crippen LogP contribution >= 0.6 is 11.8 Å². The van der Waals surface area contributed by atoms with Crippen molar-refractivity contribution in [3.63, 3.8) is 0 Å². The summed E-state index contributed by atoms with van der Waals surface area (Å²) in [7, 11) is 0. The van der Waals surface area contributed by atoms with Crippen LogP contribution in [0, 0.1) is 0 Å². The highest BCUT2D eigenvalue weighted by Gasteiger charge is 2.38. The molecule has 19 heavy (non-hydrogen) atoms. The number of nitrogens with zero attached hydrogens (tertiary/aromatic N) is 1. The van der Waals surface area contributed by atoms with Crippen LogP contribution in [0.5, 0.6) is 0 Å². The quantitative estimate of drug-likeness (QED) is 0.862. The van der Waals surface area contributed by atoms with E-state index >= 15 is 0 Å². The molecule has 0 aromatic carbocycles. The topological polar surface area (TPSA) is 42.9 Å². The first-order valence-electron chi connectivity index (χ1n) is 7.51. The number of thioether (sulfide) groups is 1. The van der Waals surface area contributed by atoms with E-state index in [2.05, 4.69) is 5.32 Å². The fourth-order valence-electron chi connectivity index (χ4n) is 2.97. The Labute approximate surface area is 119 Å². The summed E-state index contributed by atoms with van der Waals surface area (Å²) in [5.74, 6) is 1.15. The lowest BCUT2D eigenvalue weighted by Gasteiger charge is -2.32. The van der Waals surface area contributed by atoms with Gasteiger partial charge >= 0.3 is 0 Å². The number of ether oxygens (including phenoxy) is 2. The molecule has 3 saturated heterocycles. The van der Waals surface area contributed by atoms with Crippen molar-refractivity contribution in [3.05, 3.63) is 0 Å². The minimum atomic E-state index is 0.267. The number of hydrogen-bond acceptors (Lipinski definition) is 4. The van der Waals surface area contributed by atoms with E-state index in [0.717, 1.165) is 56.5 Å². The van der Waals surface area contributed by atoms with Crippen LogP contribution in [0.2, 0.25) is 0 Å². The molecule has 1 N–H and O–H groups in total. The van der Waals surface area contributed by atoms with Crippen LogP contribution in [0.1, 0.15) is 38.5 Å². The summed E-state index contributed by atoms with van der Waals surface area (Å²) in [6.07, 6.45) is 7.51. The second-order valence-corrected chi connectivity index (χ2v) is 6.73. The lowest BCUT2D eigenvalue weighted by molar-refractivity contribution is 0.0129. The summed E-state index contributed by atoms with van der Waals surface area (Å²) >= 11 is 1.88. The summed E-state index contributed by atoms with van der Waals surface area (Å²) in [5.41, 5.74) is 0.267. The van der Waals surface area contributed by atoms with Crippen LogP contribution in [0.25, 0.3) is 0 Å². The standard InChI is InChI=1S/C14H24N2O2S/c1-2-8-18-12(3-1)4-7-15-13-16-14(11-19-13)5-9-17-10-6-14/h12H,1-11H2,(H,15,16). The number of amidine groups is 1. The van der Waals surface area contributed by atoms with Crippen LogP contribution in [0.4, 0.5) is 0 Å². The first-order chi connectivity index (χ1) is 9.36. The molecule has 0 aliphatic carbocycles. The maximum atomic E-state index is 5.74. The van der Waals surface area contributed by atoms with Crippen molar-refractivity contribution < 1.29 is 9.47 Å². The summed E-state index contributed by atoms with van der Waals surface area (Å²) in [4.78, 5) is 4.71. The molecule has 3 fully saturated rings. The molecule has 1 spiro atoms. The Balaban J connectivity index is 1.43. The van der Waals surface area contributed by atoms with Gasteiger partial charge in [-0.15, -0.1) is 0 Å². The van der Waals surface area contributed by atoms with Crippen LogP contribution in [0.3, 0.4) is 0 Å². The van der Waals surface area contributed by atoms with Crippen LogP contribution in [0.15, 0.2) is 4.99 Å². The average Bonchev–Trinajstić information content (AvgIpc) is 2.84. The van der Waals surface area contributed by atoms with Gasteiger partial charge in [-0.25, -0.2) is 0 Å². The van der Waals surface area contributed by atoms with Gasteiger partial charge in [0.25, 0.3) is 0 Å². The van der Waals surface area contributed by atoms with Gasteiger partial charge in [-0.1, -0.05) is 11.8 Å². The second-order valence-electron chi connectivity index (χ2n) is 5.77. The molecule has 0 bridgehead atoms. The number of rotatable bonds is 3. The molecule has 108 valence electrons. The average molecular weight is 284 g/mol. The molecule has 5 heteroatoms. The van der Waals surface area contributed by atoms with Crippen molar-refractivity contribution in [1.29, 1.82) is 0 Å². The first kappa shape index (κ1) is 13.7. The molecule has 3 aliphatic heterocycles. The molecule has 3 rings (SSSR count). The fourth-order valence-corrected chi connectivity index (χ4v) is 4.21. The summed E-state index contributed by atoms with van der Waals surface area (Å²) in [6.45, 7) is 3.61. The lowest BCUT2D eigenvalue weighted by atomic mass is 9.93. The monoisotopic (exact) mass is 284 g/mol. The minimum absolute atomic E-state index is 0.267. The molecule has 0 aromatic heterocycles. The van der Waals surface area contributed by atoms with Gasteiger partial charge in [-0.2, -0.15) is 0 Å². The SMILES string of the molecule is C1CCC(CCN=C2NC3(CCOCC3)CS2)OC1. The molecule has 0 amide bonds. The minimum Gasteiger partial charge on any atom is -0.381 e. The van der Waals surface area contributed by atoms with E-state index in [4.69, 9.17) is 14.5 Å². The molecule has 0 aromatic rings. The first-order valence-corrected chi connectivity index (χ1v) is 8.50. The fraction of sp³-hybridized carbons (Fsp3) is 0.929. The van der Waals surface area contributed by atoms with Crippen molar-refractivity contribution in [2.75, 3.05) is 32.1 Å². The van der Waals surface area contributed by atoms with Gasteiger partial charge < -0.3 is 14.8 Å². The highest BCUT2D eigenvalue weighted by Crippen LogP contribution is 2.31. The predicted molar refractivity (Wildman–Crippen MR) is 78.9 cm³/mol. The van der Waals surface area contributed by atoms with Crippen LogP contribution < -0.4 is 5.32 Å². The molecular formula is C14H24N2O2S. The maximum Gasteiger partial charge on any atom is 0.157 e. The van der Waals surface area contributed by atoms with E-state index < -0.39 is 0 Å². The largest absolute Gasteiger partial charge is 0.381 e. The summed E-state index contributed by atoms with van der Waals surface area (Å²) < 4.78 is 11.2. The predicted octanol–water partition coefficient (Wildman–Crippen LogP) is 2.19. The van der Waals surface area contributed by atoms with E-state index in [1.54, 1.807) is 0 Å². The molecule has 0 saturated carbocycles. The van der Waals surface area contributed by atoms with Gasteiger partial charge in [-0.3, -0.25) is 4.99 Å². The van der Waals surface area contributed by atoms with Gasteiger partial charge in [0.05, 0.1) is 11.6 Å². The normalized spacial score (nSPS) is 32.6. The third-order valence-electron chi connectivity index (χ3n) is 4.29. The Bertz CT molecular complexity index is 323. The van der Waals surface area contributed by atoms with Crippen LogP contribution in [-0.2, 0) is 9.47 Å². The Hall–Kier alpha value is -0.260. The number of nitrogens with one attached hydrogen (secondary N) is 1. The van der Waals surface area contributed by atoms with Gasteiger partial charge in [0.15, 0.2) is 5.17 Å². The zero-order valence-electron chi connectivity index (χ0n) is 11.5. The van der Waals surface area contributed by atoms with Crippen molar-refractivity contribution in [2.24, 2.45) is 4.99 Å². The molecule has 0 radical (unpaired) electrons. The Morgan fingerprint density at radius 3 is 2.95 bits per heavy atom. The van der Waals surface area contributed by atoms with Gasteiger partial charge in [0, 0.05) is 32.1 Å². The van der Waals surface area contributed by atoms with Crippen molar-refractivity contribution in [3.8, 4) is 0 Å². The molecule has 1 unspecified atom stereocenters. The van der Waals surface area contributed by atoms with E-state index in [1.807, 2.05) is 11.8 Å². The smallest absolute Gasteiger partial charge is 0.157 e. The molecule has 4 nitrogen and oxygen atoms in total. The summed E-state index contributed by atoms with van der Waals surface area (Å²) in [6, 6.07) is 0. The Kier molecular flexibility index (Phi) is 4.66. The van der Waals surface area contributed by atoms with Crippen molar-refractivity contribution in [2.45, 2.75) is 50.2 Å². The van der Waals surface area contributed by atoms with E-state index in [1.165, 1.54) is 19.3 Å². The zero-order chi connectivity index (χ0) is 13.0. The maximum absolute atomic E-state index is 5.74. The van der Waals surface area contributed by atoms with E-state index in [9.17, 15) is 0 Å². The molecular weight excluding hydrogens is 260 g/mol. The third kappa shape index (κ3) is 3.64. The lowest BCUT2D eigenvalue weighted by Crippen LogP contribution is -2.48. The Morgan fingerprint density at radius 2 is 2.16 bits per heavy atom. The van der Waals surface area contributed by atoms with Crippen molar-refractivity contribution >= 4 is 16.9 Å². The molecule has 1 atom stereocenters. The van der Waals surface area contributed by atoms with Gasteiger partial charge in [-0.05, 0) is 38.5 Å². The van der Waals surface area contributed by atoms with Gasteiger partial charge in [0.2, 0.25) is 0 Å². The second kappa shape index (κ2) is 6.46.